The third kappa shape index (κ3) is 1.69. The van der Waals surface area contributed by atoms with E-state index in [0.717, 1.165) is 5.57 Å². The fraction of sp³-hybridized carbons (Fsp3) is 0.700. The van der Waals surface area contributed by atoms with Crippen LogP contribution in [0.4, 0.5) is 0 Å². The standard InChI is InChI=1S/C20H24O6/c1-8(2)20-16(23)13-12(21)6-11-10-7-25-18(24)9(10)4-5-19(11,3)14(13)15(22)17(20)26-20/h8,11,15-17,22-23H,4-7H2,1-3H3/t11-,15+,16-,17-,19-,20+/m0/s1. The van der Waals surface area contributed by atoms with Crippen LogP contribution >= 0.6 is 0 Å². The number of aliphatic hydroxyl groups is 2. The Labute approximate surface area is 151 Å². The quantitative estimate of drug-likeness (QED) is 0.536. The first kappa shape index (κ1) is 16.7. The van der Waals surface area contributed by atoms with Crippen molar-refractivity contribution in [3.8, 4) is 0 Å². The SMILES string of the molecule is CC(C)[C@]12O[C@H]1[C@H](O)C1=C(C(=O)C[C@H]3C4=C(CC[C@]13C)C(=O)OC4)[C@@H]2O. The number of rotatable bonds is 1. The van der Waals surface area contributed by atoms with Crippen molar-refractivity contribution >= 4 is 11.8 Å². The first-order chi connectivity index (χ1) is 12.2. The molecule has 3 aliphatic carbocycles. The van der Waals surface area contributed by atoms with Gasteiger partial charge < -0.3 is 19.7 Å². The van der Waals surface area contributed by atoms with Crippen LogP contribution in [0, 0.1) is 17.3 Å². The van der Waals surface area contributed by atoms with Crippen LogP contribution in [0.15, 0.2) is 22.3 Å². The van der Waals surface area contributed by atoms with E-state index in [0.29, 0.717) is 29.6 Å². The van der Waals surface area contributed by atoms with Gasteiger partial charge in [0.05, 0.1) is 0 Å². The molecule has 1 fully saturated rings. The number of hydrogen-bond acceptors (Lipinski definition) is 6. The first-order valence-electron chi connectivity index (χ1n) is 9.44. The number of fused-ring (bicyclic) bond motifs is 4. The molecule has 0 saturated carbocycles. The van der Waals surface area contributed by atoms with Crippen LogP contribution in [0.3, 0.4) is 0 Å². The zero-order chi connectivity index (χ0) is 18.6. The van der Waals surface area contributed by atoms with E-state index < -0.39 is 29.3 Å². The average Bonchev–Trinajstić information content (AvgIpc) is 3.26. The number of aliphatic hydroxyl groups excluding tert-OH is 2. The number of ketones is 1. The summed E-state index contributed by atoms with van der Waals surface area (Å²) in [6.07, 6.45) is -0.899. The van der Waals surface area contributed by atoms with Gasteiger partial charge in [-0.05, 0) is 35.3 Å². The Bertz CT molecular complexity index is 807. The maximum Gasteiger partial charge on any atom is 0.334 e. The molecule has 140 valence electrons. The predicted octanol–water partition coefficient (Wildman–Crippen LogP) is 1.05. The minimum absolute atomic E-state index is 0.00829. The Balaban J connectivity index is 1.67. The lowest BCUT2D eigenvalue weighted by atomic mass is 9.52. The second-order valence-corrected chi connectivity index (χ2v) is 8.90. The van der Waals surface area contributed by atoms with E-state index in [2.05, 4.69) is 0 Å². The largest absolute Gasteiger partial charge is 0.458 e. The highest BCUT2D eigenvalue weighted by molar-refractivity contribution is 6.01. The molecule has 0 aromatic rings. The maximum absolute atomic E-state index is 13.0. The van der Waals surface area contributed by atoms with E-state index in [4.69, 9.17) is 9.47 Å². The van der Waals surface area contributed by atoms with E-state index in [1.54, 1.807) is 0 Å². The van der Waals surface area contributed by atoms with Crippen LogP contribution in [0.25, 0.3) is 0 Å². The minimum Gasteiger partial charge on any atom is -0.458 e. The van der Waals surface area contributed by atoms with Gasteiger partial charge >= 0.3 is 5.97 Å². The van der Waals surface area contributed by atoms with Crippen molar-refractivity contribution in [1.82, 2.24) is 0 Å². The van der Waals surface area contributed by atoms with Crippen molar-refractivity contribution < 1.29 is 29.3 Å². The summed E-state index contributed by atoms with van der Waals surface area (Å²) in [7, 11) is 0. The van der Waals surface area contributed by atoms with Crippen molar-refractivity contribution in [2.24, 2.45) is 17.3 Å². The Morgan fingerprint density at radius 2 is 1.96 bits per heavy atom. The molecule has 0 spiro atoms. The minimum atomic E-state index is -1.01. The molecular weight excluding hydrogens is 336 g/mol. The number of epoxide rings is 1. The Kier molecular flexibility index (Phi) is 3.11. The van der Waals surface area contributed by atoms with Gasteiger partial charge in [0.1, 0.15) is 30.5 Å². The average molecular weight is 360 g/mol. The zero-order valence-corrected chi connectivity index (χ0v) is 15.2. The molecule has 0 aromatic carbocycles. The molecule has 0 radical (unpaired) electrons. The lowest BCUT2D eigenvalue weighted by molar-refractivity contribution is -0.136. The van der Waals surface area contributed by atoms with Gasteiger partial charge in [0.25, 0.3) is 0 Å². The van der Waals surface area contributed by atoms with Crippen molar-refractivity contribution in [2.45, 2.75) is 63.9 Å². The number of ether oxygens (including phenoxy) is 2. The Morgan fingerprint density at radius 1 is 1.23 bits per heavy atom. The number of hydrogen-bond donors (Lipinski definition) is 2. The fourth-order valence-electron chi connectivity index (χ4n) is 6.06. The third-order valence-corrected chi connectivity index (χ3v) is 7.58. The van der Waals surface area contributed by atoms with E-state index in [1.807, 2.05) is 20.8 Å². The molecule has 0 unspecified atom stereocenters. The van der Waals surface area contributed by atoms with Gasteiger partial charge in [-0.3, -0.25) is 4.79 Å². The van der Waals surface area contributed by atoms with Gasteiger partial charge in [-0.15, -0.1) is 0 Å². The van der Waals surface area contributed by atoms with Gasteiger partial charge in [-0.1, -0.05) is 20.8 Å². The lowest BCUT2D eigenvalue weighted by Gasteiger charge is -2.50. The van der Waals surface area contributed by atoms with Crippen molar-refractivity contribution in [3.63, 3.8) is 0 Å². The Hall–Kier alpha value is -1.50. The molecule has 6 heteroatoms. The third-order valence-electron chi connectivity index (χ3n) is 7.58. The summed E-state index contributed by atoms with van der Waals surface area (Å²) in [6, 6.07) is 0. The summed E-state index contributed by atoms with van der Waals surface area (Å²) >= 11 is 0. The molecule has 6 atom stereocenters. The van der Waals surface area contributed by atoms with Gasteiger partial charge in [0, 0.05) is 23.5 Å². The highest BCUT2D eigenvalue weighted by atomic mass is 16.6. The fourth-order valence-corrected chi connectivity index (χ4v) is 6.06. The van der Waals surface area contributed by atoms with Crippen molar-refractivity contribution in [2.75, 3.05) is 6.61 Å². The topological polar surface area (TPSA) is 96.4 Å². The van der Waals surface area contributed by atoms with Crippen LogP contribution < -0.4 is 0 Å². The number of Topliss-reactive ketones (excluding diaryl/α,β-unsaturated/α-hetero) is 1. The maximum atomic E-state index is 13.0. The van der Waals surface area contributed by atoms with Crippen molar-refractivity contribution in [1.29, 1.82) is 0 Å². The van der Waals surface area contributed by atoms with Crippen LogP contribution in [0.5, 0.6) is 0 Å². The molecule has 5 aliphatic rings. The number of carbonyl (C=O) groups is 2. The van der Waals surface area contributed by atoms with Crippen LogP contribution in [-0.2, 0) is 19.1 Å². The summed E-state index contributed by atoms with van der Waals surface area (Å²) in [5.74, 6) is -0.582. The summed E-state index contributed by atoms with van der Waals surface area (Å²) in [6.45, 7) is 6.17. The first-order valence-corrected chi connectivity index (χ1v) is 9.44. The van der Waals surface area contributed by atoms with Gasteiger partial charge in [0.15, 0.2) is 5.78 Å². The van der Waals surface area contributed by atoms with Crippen LogP contribution in [-0.4, -0.2) is 52.5 Å². The second-order valence-electron chi connectivity index (χ2n) is 8.90. The van der Waals surface area contributed by atoms with Gasteiger partial charge in [-0.2, -0.15) is 0 Å². The monoisotopic (exact) mass is 360 g/mol. The summed E-state index contributed by atoms with van der Waals surface area (Å²) in [5, 5.41) is 22.2. The van der Waals surface area contributed by atoms with Crippen LogP contribution in [0.2, 0.25) is 0 Å². The molecule has 0 amide bonds. The van der Waals surface area contributed by atoms with Gasteiger partial charge in [0.2, 0.25) is 0 Å². The molecule has 2 aliphatic heterocycles. The highest BCUT2D eigenvalue weighted by Crippen LogP contribution is 2.63. The molecule has 0 bridgehead atoms. The number of esters is 1. The normalized spacial score (nSPS) is 46.7. The summed E-state index contributed by atoms with van der Waals surface area (Å²) in [5.41, 5.74) is 1.27. The van der Waals surface area contributed by atoms with E-state index in [1.165, 1.54) is 0 Å². The molecule has 26 heavy (non-hydrogen) atoms. The summed E-state index contributed by atoms with van der Waals surface area (Å²) < 4.78 is 11.0. The van der Waals surface area contributed by atoms with Crippen molar-refractivity contribution in [3.05, 3.63) is 22.3 Å². The van der Waals surface area contributed by atoms with Crippen LogP contribution in [0.1, 0.15) is 40.0 Å². The van der Waals surface area contributed by atoms with Gasteiger partial charge in [-0.25, -0.2) is 4.79 Å². The highest BCUT2D eigenvalue weighted by Gasteiger charge is 2.73. The number of carbonyl (C=O) groups excluding carboxylic acids is 2. The Morgan fingerprint density at radius 3 is 2.65 bits per heavy atom. The van der Waals surface area contributed by atoms with E-state index in [9.17, 15) is 19.8 Å². The molecule has 6 nitrogen and oxygen atoms in total. The van der Waals surface area contributed by atoms with E-state index >= 15 is 0 Å². The zero-order valence-electron chi connectivity index (χ0n) is 15.2. The second kappa shape index (κ2) is 4.86. The summed E-state index contributed by atoms with van der Waals surface area (Å²) in [4.78, 5) is 25.0. The number of cyclic esters (lactones) is 1. The molecular formula is C20H24O6. The molecule has 2 N–H and O–H groups in total. The molecule has 2 heterocycles. The predicted molar refractivity (Wildman–Crippen MR) is 89.9 cm³/mol. The lowest BCUT2D eigenvalue weighted by Crippen LogP contribution is -2.55. The molecule has 0 aromatic heterocycles. The van der Waals surface area contributed by atoms with E-state index in [-0.39, 0.29) is 36.6 Å². The molecule has 1 saturated heterocycles. The molecule has 5 rings (SSSR count). The smallest absolute Gasteiger partial charge is 0.334 e.